The van der Waals surface area contributed by atoms with Gasteiger partial charge in [-0.1, -0.05) is 4.48 Å². The number of nitrogens with one attached hydrogen (secondary N) is 1. The summed E-state index contributed by atoms with van der Waals surface area (Å²) < 4.78 is 20.3. The molecule has 2 atom stereocenters. The Kier molecular flexibility index (Phi) is 4.80. The van der Waals surface area contributed by atoms with Crippen molar-refractivity contribution in [3.63, 3.8) is 0 Å². The number of aliphatic hydroxyl groups is 1. The van der Waals surface area contributed by atoms with Crippen LogP contribution < -0.4 is 15.2 Å². The second kappa shape index (κ2) is 6.87. The minimum Gasteiger partial charge on any atom is -0.493 e. The molecule has 8 heteroatoms. The quantitative estimate of drug-likeness (QED) is 0.795. The predicted octanol–water partition coefficient (Wildman–Crippen LogP) is 1.14. The summed E-state index contributed by atoms with van der Waals surface area (Å²) in [5.74, 6) is -0.0603. The van der Waals surface area contributed by atoms with Gasteiger partial charge in [0.05, 0.1) is 30.3 Å². The lowest BCUT2D eigenvalue weighted by molar-refractivity contribution is -0.121. The number of fused-ring (bicyclic) bond motifs is 2. The number of hydrogen-bond donors (Lipinski definition) is 2. The minimum absolute atomic E-state index is 0.00700. The summed E-state index contributed by atoms with van der Waals surface area (Å²) in [7, 11) is 1.54. The van der Waals surface area contributed by atoms with E-state index in [0.717, 1.165) is 6.42 Å². The van der Waals surface area contributed by atoms with Gasteiger partial charge in [0.2, 0.25) is 5.91 Å². The van der Waals surface area contributed by atoms with E-state index in [1.165, 1.54) is 18.0 Å². The van der Waals surface area contributed by atoms with Gasteiger partial charge in [-0.25, -0.2) is 0 Å². The van der Waals surface area contributed by atoms with E-state index in [2.05, 4.69) is 5.32 Å². The van der Waals surface area contributed by atoms with Crippen molar-refractivity contribution < 1.29 is 23.9 Å². The summed E-state index contributed by atoms with van der Waals surface area (Å²) in [5.41, 5.74) is 0.874. The number of aryl methyl sites for hydroxylation is 1. The van der Waals surface area contributed by atoms with Crippen molar-refractivity contribution in [2.75, 3.05) is 25.3 Å². The maximum absolute atomic E-state index is 14.7. The normalized spacial score (nSPS) is 22.3. The second-order valence-electron chi connectivity index (χ2n) is 6.34. The molecule has 1 saturated heterocycles. The van der Waals surface area contributed by atoms with E-state index in [0.29, 0.717) is 24.3 Å². The average molecular weight is 351 g/mol. The zero-order chi connectivity index (χ0) is 18.1. The van der Waals surface area contributed by atoms with E-state index >= 15 is 0 Å². The number of rotatable bonds is 4. The molecule has 136 valence electrons. The van der Waals surface area contributed by atoms with Gasteiger partial charge in [0.25, 0.3) is 5.91 Å². The van der Waals surface area contributed by atoms with Gasteiger partial charge in [0, 0.05) is 19.7 Å². The van der Waals surface area contributed by atoms with Crippen molar-refractivity contribution in [3.05, 3.63) is 23.3 Å². The standard InChI is InChI=1S/C17H22FN3O4/c1-10-8-11-13(9-14(10)25-7-5-15(22)19-2)21(18)17(24)12-4-3-6-20(12)16(11)23/h8-9,12,17,24H,3-7H2,1-2H3,(H,19,22)/t12-,17?/m0/s1. The van der Waals surface area contributed by atoms with Crippen LogP contribution in [0.5, 0.6) is 5.75 Å². The number of aliphatic hydroxyl groups excluding tert-OH is 1. The van der Waals surface area contributed by atoms with Crippen LogP contribution in [0.3, 0.4) is 0 Å². The molecule has 1 unspecified atom stereocenters. The number of hydrogen-bond acceptors (Lipinski definition) is 5. The smallest absolute Gasteiger partial charge is 0.256 e. The van der Waals surface area contributed by atoms with E-state index in [1.807, 2.05) is 0 Å². The predicted molar refractivity (Wildman–Crippen MR) is 89.0 cm³/mol. The first kappa shape index (κ1) is 17.5. The minimum atomic E-state index is -1.41. The summed E-state index contributed by atoms with van der Waals surface area (Å²) in [6, 6.07) is 2.44. The van der Waals surface area contributed by atoms with E-state index in [1.54, 1.807) is 13.0 Å². The lowest BCUT2D eigenvalue weighted by Gasteiger charge is -2.27. The van der Waals surface area contributed by atoms with Gasteiger partial charge in [0.15, 0.2) is 6.23 Å². The highest BCUT2D eigenvalue weighted by Crippen LogP contribution is 2.38. The van der Waals surface area contributed by atoms with Crippen LogP contribution >= 0.6 is 0 Å². The third-order valence-electron chi connectivity index (χ3n) is 4.76. The van der Waals surface area contributed by atoms with E-state index in [-0.39, 0.29) is 41.2 Å². The molecule has 2 amide bonds. The highest BCUT2D eigenvalue weighted by molar-refractivity contribution is 6.01. The Bertz CT molecular complexity index is 697. The van der Waals surface area contributed by atoms with E-state index in [4.69, 9.17) is 4.74 Å². The fourth-order valence-corrected chi connectivity index (χ4v) is 3.36. The number of benzene rings is 1. The number of carbonyl (C=O) groups is 2. The first-order valence-corrected chi connectivity index (χ1v) is 8.36. The van der Waals surface area contributed by atoms with Crippen LogP contribution in [0.25, 0.3) is 0 Å². The topological polar surface area (TPSA) is 82.1 Å². The number of nitrogens with zero attached hydrogens (tertiary/aromatic N) is 2. The van der Waals surface area contributed by atoms with Crippen molar-refractivity contribution in [1.29, 1.82) is 0 Å². The molecule has 2 aliphatic heterocycles. The van der Waals surface area contributed by atoms with Gasteiger partial charge >= 0.3 is 0 Å². The first-order chi connectivity index (χ1) is 11.9. The molecule has 1 aromatic rings. The third kappa shape index (κ3) is 3.13. The second-order valence-corrected chi connectivity index (χ2v) is 6.34. The van der Waals surface area contributed by atoms with E-state index < -0.39 is 12.3 Å². The molecule has 0 radical (unpaired) electrons. The summed E-state index contributed by atoms with van der Waals surface area (Å²) >= 11 is 0. The molecule has 0 aliphatic carbocycles. The lowest BCUT2D eigenvalue weighted by Crippen LogP contribution is -2.45. The number of halogens is 1. The van der Waals surface area contributed by atoms with Gasteiger partial charge in [-0.2, -0.15) is 5.12 Å². The molecule has 0 spiro atoms. The SMILES string of the molecule is CNC(=O)CCOc1cc2c(cc1C)C(=O)N1CCC[C@H]1C(O)N2F. The van der Waals surface area contributed by atoms with Gasteiger partial charge in [-0.15, -0.1) is 0 Å². The summed E-state index contributed by atoms with van der Waals surface area (Å²) in [6.07, 6.45) is 0.0738. The monoisotopic (exact) mass is 351 g/mol. The van der Waals surface area contributed by atoms with Crippen LogP contribution in [-0.4, -0.2) is 54.3 Å². The van der Waals surface area contributed by atoms with Crippen LogP contribution in [0.15, 0.2) is 12.1 Å². The van der Waals surface area contributed by atoms with Crippen molar-refractivity contribution in [3.8, 4) is 5.75 Å². The summed E-state index contributed by atoms with van der Waals surface area (Å²) in [6.45, 7) is 2.41. The molecule has 25 heavy (non-hydrogen) atoms. The molecule has 2 heterocycles. The molecule has 1 fully saturated rings. The Morgan fingerprint density at radius 2 is 2.24 bits per heavy atom. The zero-order valence-corrected chi connectivity index (χ0v) is 14.3. The molecule has 2 aliphatic rings. The Morgan fingerprint density at radius 3 is 2.96 bits per heavy atom. The average Bonchev–Trinajstić information content (AvgIpc) is 3.07. The Balaban J connectivity index is 1.90. The summed E-state index contributed by atoms with van der Waals surface area (Å²) in [5, 5.41) is 13.0. The molecule has 2 N–H and O–H groups in total. The largest absolute Gasteiger partial charge is 0.493 e. The van der Waals surface area contributed by atoms with Gasteiger partial charge in [-0.3, -0.25) is 9.59 Å². The summed E-state index contributed by atoms with van der Waals surface area (Å²) in [4.78, 5) is 25.6. The van der Waals surface area contributed by atoms with Crippen LogP contribution in [0.4, 0.5) is 10.2 Å². The molecule has 3 rings (SSSR count). The van der Waals surface area contributed by atoms with Crippen LogP contribution in [0.1, 0.15) is 35.2 Å². The van der Waals surface area contributed by atoms with Crippen LogP contribution in [0.2, 0.25) is 0 Å². The maximum atomic E-state index is 14.7. The third-order valence-corrected chi connectivity index (χ3v) is 4.76. The number of amides is 2. The van der Waals surface area contributed by atoms with Crippen molar-refractivity contribution in [2.24, 2.45) is 0 Å². The van der Waals surface area contributed by atoms with Crippen molar-refractivity contribution in [2.45, 2.75) is 38.5 Å². The van der Waals surface area contributed by atoms with E-state index in [9.17, 15) is 19.2 Å². The zero-order valence-electron chi connectivity index (χ0n) is 14.3. The Morgan fingerprint density at radius 1 is 1.48 bits per heavy atom. The number of anilines is 1. The fourth-order valence-electron chi connectivity index (χ4n) is 3.36. The van der Waals surface area contributed by atoms with Crippen LogP contribution in [-0.2, 0) is 4.79 Å². The van der Waals surface area contributed by atoms with Gasteiger partial charge < -0.3 is 20.1 Å². The number of carbonyl (C=O) groups excluding carboxylic acids is 2. The number of ether oxygens (including phenoxy) is 1. The highest BCUT2D eigenvalue weighted by atomic mass is 19.2. The molecule has 1 aromatic carbocycles. The Labute approximate surface area is 145 Å². The molecule has 0 aromatic heterocycles. The Hall–Kier alpha value is -2.35. The first-order valence-electron chi connectivity index (χ1n) is 8.36. The molecular formula is C17H22FN3O4. The van der Waals surface area contributed by atoms with Crippen molar-refractivity contribution in [1.82, 2.24) is 10.2 Å². The maximum Gasteiger partial charge on any atom is 0.256 e. The fraction of sp³-hybridized carbons (Fsp3) is 0.529. The van der Waals surface area contributed by atoms with Gasteiger partial charge in [-0.05, 0) is 31.4 Å². The van der Waals surface area contributed by atoms with Crippen LogP contribution in [0, 0.1) is 6.92 Å². The van der Waals surface area contributed by atoms with Gasteiger partial charge in [0.1, 0.15) is 5.75 Å². The highest BCUT2D eigenvalue weighted by Gasteiger charge is 2.42. The molecule has 7 nitrogen and oxygen atoms in total. The lowest BCUT2D eigenvalue weighted by atomic mass is 10.1. The van der Waals surface area contributed by atoms with Crippen molar-refractivity contribution >= 4 is 17.5 Å². The molecule has 0 bridgehead atoms. The molecule has 0 saturated carbocycles. The molecular weight excluding hydrogens is 329 g/mol.